The number of amides is 1. The van der Waals surface area contributed by atoms with Crippen molar-refractivity contribution in [1.82, 2.24) is 9.80 Å². The van der Waals surface area contributed by atoms with Gasteiger partial charge in [-0.3, -0.25) is 14.5 Å². The van der Waals surface area contributed by atoms with Gasteiger partial charge in [0.25, 0.3) is 0 Å². The molecule has 3 saturated heterocycles. The molecule has 0 bridgehead atoms. The number of esters is 1. The maximum atomic E-state index is 12.6. The summed E-state index contributed by atoms with van der Waals surface area (Å²) in [6.45, 7) is 22.4. The molecule has 1 amide bonds. The highest BCUT2D eigenvalue weighted by molar-refractivity contribution is 5.74. The van der Waals surface area contributed by atoms with Crippen LogP contribution in [-0.2, 0) is 28.5 Å². The van der Waals surface area contributed by atoms with Gasteiger partial charge in [-0.05, 0) is 111 Å². The number of ether oxygens (including phenoxy) is 4. The van der Waals surface area contributed by atoms with Crippen molar-refractivity contribution in [2.75, 3.05) is 32.8 Å². The van der Waals surface area contributed by atoms with Crippen LogP contribution in [-0.4, -0.2) is 113 Å². The van der Waals surface area contributed by atoms with Crippen molar-refractivity contribution in [1.29, 1.82) is 0 Å². The molecule has 2 spiro atoms. The summed E-state index contributed by atoms with van der Waals surface area (Å²) in [6.07, 6.45) is 6.42. The predicted molar refractivity (Wildman–Crippen MR) is 190 cm³/mol. The highest BCUT2D eigenvalue weighted by atomic mass is 16.7. The highest BCUT2D eigenvalue weighted by Crippen LogP contribution is 2.89. The van der Waals surface area contributed by atoms with Gasteiger partial charge in [-0.1, -0.05) is 34.6 Å². The van der Waals surface area contributed by atoms with Crippen molar-refractivity contribution in [3.05, 3.63) is 0 Å². The van der Waals surface area contributed by atoms with Crippen LogP contribution >= 0.6 is 0 Å². The number of carbonyl (C=O) groups excluding carboxylic acids is 2. The van der Waals surface area contributed by atoms with E-state index < -0.39 is 29.9 Å². The van der Waals surface area contributed by atoms with Gasteiger partial charge in [0, 0.05) is 44.9 Å². The third-order valence-corrected chi connectivity index (χ3v) is 17.3. The molecule has 5 aliphatic carbocycles. The Kier molecular flexibility index (Phi) is 8.52. The second-order valence-electron chi connectivity index (χ2n) is 20.2. The summed E-state index contributed by atoms with van der Waals surface area (Å²) < 4.78 is 25.7. The first kappa shape index (κ1) is 36.7. The van der Waals surface area contributed by atoms with E-state index in [9.17, 15) is 19.8 Å². The van der Waals surface area contributed by atoms with Gasteiger partial charge in [0.1, 0.15) is 0 Å². The van der Waals surface area contributed by atoms with Crippen LogP contribution in [0.3, 0.4) is 0 Å². The topological polar surface area (TPSA) is 118 Å². The van der Waals surface area contributed by atoms with Crippen LogP contribution < -0.4 is 0 Å². The van der Waals surface area contributed by atoms with E-state index in [0.717, 1.165) is 51.9 Å². The van der Waals surface area contributed by atoms with Crippen molar-refractivity contribution < 1.29 is 38.7 Å². The molecule has 8 aliphatic rings. The fraction of sp³-hybridized carbons (Fsp3) is 0.951. The Morgan fingerprint density at radius 2 is 1.65 bits per heavy atom. The lowest BCUT2D eigenvalue weighted by Crippen LogP contribution is -2.64. The SMILES string of the molecule is CC(=O)O[C@@H]([C@H]1C[C@@H](C)C2[C@H](O1)[C@H](O)[C@@]1(C)[C@@H]3CC[C@H]4C(C)(C)[C@@H](OC5CN(C6CN(C(C)=O)C6)CCO5)CC[C@@]45C[C@@]35CC[C@]21C)C(C)(C)O. The molecule has 2 N–H and O–H groups in total. The van der Waals surface area contributed by atoms with Crippen LogP contribution in [0.25, 0.3) is 0 Å². The first-order chi connectivity index (χ1) is 23.8. The van der Waals surface area contributed by atoms with E-state index in [2.05, 4.69) is 39.5 Å². The minimum atomic E-state index is -1.26. The number of carbonyl (C=O) groups is 2. The van der Waals surface area contributed by atoms with E-state index in [1.165, 1.54) is 26.2 Å². The normalized spacial score (nSPS) is 49.7. The van der Waals surface area contributed by atoms with Gasteiger partial charge in [0.05, 0.1) is 43.2 Å². The molecule has 10 nitrogen and oxygen atoms in total. The zero-order valence-corrected chi connectivity index (χ0v) is 32.8. The molecule has 0 radical (unpaired) electrons. The Hall–Kier alpha value is -1.30. The Morgan fingerprint density at radius 1 is 0.961 bits per heavy atom. The van der Waals surface area contributed by atoms with E-state index in [1.807, 2.05) is 4.90 Å². The average Bonchev–Trinajstić information content (AvgIpc) is 3.64. The van der Waals surface area contributed by atoms with Gasteiger partial charge in [-0.15, -0.1) is 0 Å². The Morgan fingerprint density at radius 3 is 2.31 bits per heavy atom. The molecule has 14 atom stereocenters. The molecule has 0 aromatic rings. The van der Waals surface area contributed by atoms with Gasteiger partial charge in [-0.25, -0.2) is 0 Å². The predicted octanol–water partition coefficient (Wildman–Crippen LogP) is 4.78. The smallest absolute Gasteiger partial charge is 0.303 e. The van der Waals surface area contributed by atoms with Crippen LogP contribution in [0, 0.1) is 50.7 Å². The summed E-state index contributed by atoms with van der Waals surface area (Å²) in [5, 5.41) is 23.7. The Balaban J connectivity index is 0.995. The second kappa shape index (κ2) is 11.8. The van der Waals surface area contributed by atoms with Crippen molar-refractivity contribution in [2.45, 2.75) is 162 Å². The molecule has 0 aromatic carbocycles. The number of hydrogen-bond donors (Lipinski definition) is 2. The summed E-state index contributed by atoms with van der Waals surface area (Å²) in [5.41, 5.74) is -1.08. The minimum Gasteiger partial charge on any atom is -0.457 e. The van der Waals surface area contributed by atoms with Crippen LogP contribution in [0.5, 0.6) is 0 Å². The maximum Gasteiger partial charge on any atom is 0.303 e. The number of nitrogens with zero attached hydrogens (tertiary/aromatic N) is 2. The number of aliphatic hydroxyl groups excluding tert-OH is 1. The number of hydrogen-bond acceptors (Lipinski definition) is 9. The van der Waals surface area contributed by atoms with Crippen LogP contribution in [0.15, 0.2) is 0 Å². The van der Waals surface area contributed by atoms with Gasteiger partial charge in [-0.2, -0.15) is 0 Å². The van der Waals surface area contributed by atoms with Crippen molar-refractivity contribution in [3.63, 3.8) is 0 Å². The van der Waals surface area contributed by atoms with Gasteiger partial charge < -0.3 is 34.1 Å². The van der Waals surface area contributed by atoms with Crippen molar-refractivity contribution >= 4 is 11.9 Å². The molecule has 8 fully saturated rings. The number of rotatable bonds is 6. The molecule has 10 heteroatoms. The lowest BCUT2D eigenvalue weighted by molar-refractivity contribution is -0.253. The van der Waals surface area contributed by atoms with Gasteiger partial charge in [0.15, 0.2) is 12.4 Å². The number of morpholine rings is 1. The lowest BCUT2D eigenvalue weighted by atomic mass is 9.41. The number of likely N-dealkylation sites (tertiary alicyclic amines) is 1. The van der Waals surface area contributed by atoms with E-state index in [0.29, 0.717) is 30.9 Å². The molecule has 51 heavy (non-hydrogen) atoms. The van der Waals surface area contributed by atoms with Gasteiger partial charge in [0.2, 0.25) is 5.91 Å². The first-order valence-corrected chi connectivity index (χ1v) is 20.3. The number of aliphatic hydroxyl groups is 2. The largest absolute Gasteiger partial charge is 0.457 e. The molecule has 0 aromatic heterocycles. The van der Waals surface area contributed by atoms with Crippen LogP contribution in [0.4, 0.5) is 0 Å². The minimum absolute atomic E-state index is 0.0118. The standard InChI is InChI=1S/C41H66N2O8/c1-23-18-27(35(37(6,7)47)49-25(3)45)50-33-32(23)38(8)14-15-41-22-40(41)13-12-30(36(4,5)28(40)10-11-29(41)39(38,9)34(33)46)51-31-21-42(16-17-48-31)26-19-43(20-26)24(2)44/h23,26-35,46-47H,10-22H2,1-9H3/t23-,27-,28+,29+,30+,31?,32?,33+,34+,35+,38-,39-,40-,41+/m1/s1. The zero-order chi connectivity index (χ0) is 36.7. The molecular weight excluding hydrogens is 648 g/mol. The molecule has 8 rings (SSSR count). The molecular formula is C41H66N2O8. The van der Waals surface area contributed by atoms with Crippen LogP contribution in [0.1, 0.15) is 114 Å². The summed E-state index contributed by atoms with van der Waals surface area (Å²) in [4.78, 5) is 28.3. The molecule has 2 unspecified atom stereocenters. The third kappa shape index (κ3) is 5.07. The van der Waals surface area contributed by atoms with E-state index in [1.54, 1.807) is 20.8 Å². The first-order valence-electron chi connectivity index (χ1n) is 20.3. The zero-order valence-electron chi connectivity index (χ0n) is 32.8. The maximum absolute atomic E-state index is 12.6. The average molecular weight is 715 g/mol. The van der Waals surface area contributed by atoms with E-state index >= 15 is 0 Å². The number of fused-ring (bicyclic) bond motifs is 4. The van der Waals surface area contributed by atoms with E-state index in [4.69, 9.17) is 18.9 Å². The monoisotopic (exact) mass is 714 g/mol. The summed E-state index contributed by atoms with van der Waals surface area (Å²) >= 11 is 0. The lowest BCUT2D eigenvalue weighted by Gasteiger charge is -2.64. The van der Waals surface area contributed by atoms with Crippen molar-refractivity contribution in [3.8, 4) is 0 Å². The summed E-state index contributed by atoms with van der Waals surface area (Å²) in [7, 11) is 0. The molecule has 3 aliphatic heterocycles. The summed E-state index contributed by atoms with van der Waals surface area (Å²) in [5.74, 6) is 1.19. The molecule has 5 saturated carbocycles. The van der Waals surface area contributed by atoms with Gasteiger partial charge >= 0.3 is 5.97 Å². The fourth-order valence-electron chi connectivity index (χ4n) is 14.8. The van der Waals surface area contributed by atoms with E-state index in [-0.39, 0.29) is 63.3 Å². The fourth-order valence-corrected chi connectivity index (χ4v) is 14.8. The van der Waals surface area contributed by atoms with Crippen molar-refractivity contribution in [2.24, 2.45) is 50.7 Å². The molecule has 288 valence electrons. The Labute approximate surface area is 305 Å². The second-order valence-corrected chi connectivity index (χ2v) is 20.2. The Bertz CT molecular complexity index is 1410. The quantitative estimate of drug-likeness (QED) is 0.375. The molecule has 3 heterocycles. The summed E-state index contributed by atoms with van der Waals surface area (Å²) in [6, 6.07) is 0.400. The van der Waals surface area contributed by atoms with Crippen LogP contribution in [0.2, 0.25) is 0 Å². The highest BCUT2D eigenvalue weighted by Gasteiger charge is 2.84. The third-order valence-electron chi connectivity index (χ3n) is 17.3.